The number of fused-ring (bicyclic) bond motifs is 1. The zero-order valence-electron chi connectivity index (χ0n) is 16.8. The molecule has 0 spiro atoms. The molecule has 0 aliphatic heterocycles. The van der Waals surface area contributed by atoms with Crippen molar-refractivity contribution in [1.82, 2.24) is 0 Å². The molecule has 1 aliphatic carbocycles. The van der Waals surface area contributed by atoms with E-state index >= 15 is 0 Å². The van der Waals surface area contributed by atoms with Crippen molar-refractivity contribution in [2.45, 2.75) is 65.7 Å². The molecule has 2 aromatic carbocycles. The van der Waals surface area contributed by atoms with Crippen LogP contribution in [-0.2, 0) is 12.8 Å². The number of rotatable bonds is 8. The lowest BCUT2D eigenvalue weighted by molar-refractivity contribution is 0.309. The first-order valence-corrected chi connectivity index (χ1v) is 10.5. The van der Waals surface area contributed by atoms with E-state index in [0.717, 1.165) is 30.6 Å². The van der Waals surface area contributed by atoms with E-state index in [-0.39, 0.29) is 0 Å². The van der Waals surface area contributed by atoms with Crippen LogP contribution in [0, 0.1) is 11.8 Å². The summed E-state index contributed by atoms with van der Waals surface area (Å²) in [5, 5.41) is 0. The van der Waals surface area contributed by atoms with Gasteiger partial charge in [0.25, 0.3) is 0 Å². The Bertz CT molecular complexity index is 686. The van der Waals surface area contributed by atoms with Crippen molar-refractivity contribution in [3.05, 3.63) is 53.6 Å². The number of benzene rings is 2. The summed E-state index contributed by atoms with van der Waals surface area (Å²) >= 11 is 0. The summed E-state index contributed by atoms with van der Waals surface area (Å²) in [6.45, 7) is 7.71. The van der Waals surface area contributed by atoms with Gasteiger partial charge in [-0.2, -0.15) is 0 Å². The molecule has 0 saturated carbocycles. The molecule has 2 aromatic rings. The Kier molecular flexibility index (Phi) is 6.77. The van der Waals surface area contributed by atoms with E-state index < -0.39 is 0 Å². The number of hydrogen-bond acceptors (Lipinski definition) is 1. The van der Waals surface area contributed by atoms with Gasteiger partial charge in [0, 0.05) is 0 Å². The maximum absolute atomic E-state index is 5.78. The Morgan fingerprint density at radius 1 is 1.00 bits per heavy atom. The van der Waals surface area contributed by atoms with E-state index in [9.17, 15) is 0 Å². The molecule has 1 aliphatic rings. The predicted molar refractivity (Wildman–Crippen MR) is 112 cm³/mol. The summed E-state index contributed by atoms with van der Waals surface area (Å²) in [4.78, 5) is 0. The highest BCUT2D eigenvalue weighted by Gasteiger charge is 2.20. The fraction of sp³-hybridized carbons (Fsp3) is 0.520. The van der Waals surface area contributed by atoms with Crippen molar-refractivity contribution in [3.63, 3.8) is 0 Å². The fourth-order valence-corrected chi connectivity index (χ4v) is 4.02. The van der Waals surface area contributed by atoms with E-state index in [0.29, 0.717) is 0 Å². The Hall–Kier alpha value is -1.76. The molecule has 0 aromatic heterocycles. The van der Waals surface area contributed by atoms with Gasteiger partial charge in [-0.15, -0.1) is 0 Å². The van der Waals surface area contributed by atoms with Gasteiger partial charge in [0.2, 0.25) is 0 Å². The van der Waals surface area contributed by atoms with Crippen molar-refractivity contribution in [2.24, 2.45) is 11.8 Å². The molecule has 0 bridgehead atoms. The molecule has 0 amide bonds. The minimum atomic E-state index is 0.812. The van der Waals surface area contributed by atoms with Crippen molar-refractivity contribution in [2.75, 3.05) is 6.61 Å². The van der Waals surface area contributed by atoms with Crippen LogP contribution in [-0.4, -0.2) is 6.61 Å². The van der Waals surface area contributed by atoms with Gasteiger partial charge in [-0.1, -0.05) is 63.9 Å². The highest BCUT2D eigenvalue weighted by molar-refractivity contribution is 5.66. The third-order valence-corrected chi connectivity index (χ3v) is 5.92. The molecule has 3 rings (SSSR count). The highest BCUT2D eigenvalue weighted by Crippen LogP contribution is 2.33. The number of aryl methyl sites for hydroxylation is 1. The van der Waals surface area contributed by atoms with Gasteiger partial charge in [-0.25, -0.2) is 0 Å². The molecule has 1 heteroatoms. The number of unbranched alkanes of at least 4 members (excludes halogenated alkanes) is 1. The van der Waals surface area contributed by atoms with Gasteiger partial charge in [-0.05, 0) is 78.3 Å². The topological polar surface area (TPSA) is 9.23 Å². The number of hydrogen-bond donors (Lipinski definition) is 0. The molecule has 0 fully saturated rings. The molecule has 0 radical (unpaired) electrons. The second kappa shape index (κ2) is 9.26. The summed E-state index contributed by atoms with van der Waals surface area (Å²) < 4.78 is 5.78. The van der Waals surface area contributed by atoms with E-state index in [1.165, 1.54) is 49.7 Å². The lowest BCUT2D eigenvalue weighted by Crippen LogP contribution is -2.16. The summed E-state index contributed by atoms with van der Waals surface area (Å²) in [6.07, 6.45) is 8.84. The van der Waals surface area contributed by atoms with Crippen LogP contribution < -0.4 is 4.74 Å². The SMILES string of the molecule is CCCCOc1ccc(-c2ccc3c(c2)CCC(CC(C)CC)C3)cc1. The lowest BCUT2D eigenvalue weighted by atomic mass is 9.78. The highest BCUT2D eigenvalue weighted by atomic mass is 16.5. The van der Waals surface area contributed by atoms with Crippen LogP contribution in [0.2, 0.25) is 0 Å². The van der Waals surface area contributed by atoms with E-state index in [2.05, 4.69) is 63.2 Å². The van der Waals surface area contributed by atoms with Crippen molar-refractivity contribution >= 4 is 0 Å². The quantitative estimate of drug-likeness (QED) is 0.462. The van der Waals surface area contributed by atoms with Crippen molar-refractivity contribution in [3.8, 4) is 16.9 Å². The second-order valence-corrected chi connectivity index (χ2v) is 8.07. The monoisotopic (exact) mass is 350 g/mol. The summed E-state index contributed by atoms with van der Waals surface area (Å²) in [5.74, 6) is 2.72. The maximum Gasteiger partial charge on any atom is 0.119 e. The van der Waals surface area contributed by atoms with Gasteiger partial charge in [0.1, 0.15) is 5.75 Å². The maximum atomic E-state index is 5.78. The molecule has 2 atom stereocenters. The zero-order valence-corrected chi connectivity index (χ0v) is 16.8. The van der Waals surface area contributed by atoms with Gasteiger partial charge < -0.3 is 4.74 Å². The van der Waals surface area contributed by atoms with E-state index in [4.69, 9.17) is 4.74 Å². The van der Waals surface area contributed by atoms with Crippen molar-refractivity contribution < 1.29 is 4.74 Å². The predicted octanol–water partition coefficient (Wildman–Crippen LogP) is 7.07. The molecule has 1 nitrogen and oxygen atoms in total. The van der Waals surface area contributed by atoms with E-state index in [1.54, 1.807) is 11.1 Å². The largest absolute Gasteiger partial charge is 0.494 e. The van der Waals surface area contributed by atoms with Crippen LogP contribution >= 0.6 is 0 Å². The van der Waals surface area contributed by atoms with Crippen LogP contribution in [0.1, 0.15) is 64.0 Å². The molecule has 0 heterocycles. The molecule has 2 unspecified atom stereocenters. The molecule has 0 N–H and O–H groups in total. The fourth-order valence-electron chi connectivity index (χ4n) is 4.02. The minimum Gasteiger partial charge on any atom is -0.494 e. The Balaban J connectivity index is 1.66. The van der Waals surface area contributed by atoms with Crippen LogP contribution in [0.25, 0.3) is 11.1 Å². The van der Waals surface area contributed by atoms with Crippen LogP contribution in [0.3, 0.4) is 0 Å². The number of ether oxygens (including phenoxy) is 1. The van der Waals surface area contributed by atoms with E-state index in [1.807, 2.05) is 0 Å². The third kappa shape index (κ3) is 4.90. The molecule has 0 saturated heterocycles. The molecular formula is C25H34O. The third-order valence-electron chi connectivity index (χ3n) is 5.92. The average molecular weight is 351 g/mol. The Morgan fingerprint density at radius 3 is 2.50 bits per heavy atom. The minimum absolute atomic E-state index is 0.812. The molecule has 140 valence electrons. The zero-order chi connectivity index (χ0) is 18.4. The Morgan fingerprint density at radius 2 is 1.77 bits per heavy atom. The lowest BCUT2D eigenvalue weighted by Gasteiger charge is -2.27. The Labute approximate surface area is 159 Å². The van der Waals surface area contributed by atoms with Gasteiger partial charge in [0.05, 0.1) is 6.61 Å². The summed E-state index contributed by atoms with van der Waals surface area (Å²) in [5.41, 5.74) is 5.76. The first kappa shape index (κ1) is 19.0. The smallest absolute Gasteiger partial charge is 0.119 e. The second-order valence-electron chi connectivity index (χ2n) is 8.07. The van der Waals surface area contributed by atoms with Gasteiger partial charge >= 0.3 is 0 Å². The summed E-state index contributed by atoms with van der Waals surface area (Å²) in [7, 11) is 0. The molecule has 26 heavy (non-hydrogen) atoms. The average Bonchev–Trinajstić information content (AvgIpc) is 2.68. The van der Waals surface area contributed by atoms with Crippen LogP contribution in [0.4, 0.5) is 0 Å². The van der Waals surface area contributed by atoms with Crippen LogP contribution in [0.15, 0.2) is 42.5 Å². The molecular weight excluding hydrogens is 316 g/mol. The normalized spacial score (nSPS) is 17.6. The standard InChI is InChI=1S/C25H34O/c1-4-6-15-26-25-13-11-21(12-14-25)23-10-9-22-17-20(16-19(3)5-2)7-8-24(22)18-23/h9-14,18-20H,4-8,15-17H2,1-3H3. The summed E-state index contributed by atoms with van der Waals surface area (Å²) in [6, 6.07) is 15.7. The first-order valence-electron chi connectivity index (χ1n) is 10.5. The van der Waals surface area contributed by atoms with Gasteiger partial charge in [0.15, 0.2) is 0 Å². The first-order chi connectivity index (χ1) is 12.7. The van der Waals surface area contributed by atoms with Gasteiger partial charge in [-0.3, -0.25) is 0 Å². The van der Waals surface area contributed by atoms with Crippen molar-refractivity contribution in [1.29, 1.82) is 0 Å². The van der Waals surface area contributed by atoms with Crippen LogP contribution in [0.5, 0.6) is 5.75 Å².